The smallest absolute Gasteiger partial charge is 0.223 e. The first-order chi connectivity index (χ1) is 12.3. The van der Waals surface area contributed by atoms with E-state index in [1.807, 2.05) is 0 Å². The van der Waals surface area contributed by atoms with Crippen LogP contribution < -0.4 is 5.32 Å². The molecule has 1 saturated heterocycles. The molecule has 3 aliphatic rings. The minimum Gasteiger partial charge on any atom is -0.335 e. The van der Waals surface area contributed by atoms with Gasteiger partial charge >= 0.3 is 0 Å². The fourth-order valence-corrected chi connectivity index (χ4v) is 6.87. The van der Waals surface area contributed by atoms with E-state index < -0.39 is 9.84 Å². The zero-order valence-electron chi connectivity index (χ0n) is 15.8. The summed E-state index contributed by atoms with van der Waals surface area (Å²) < 4.78 is 23.5. The van der Waals surface area contributed by atoms with Crippen molar-refractivity contribution in [3.63, 3.8) is 0 Å². The molecule has 1 spiro atoms. The van der Waals surface area contributed by atoms with E-state index in [1.165, 1.54) is 11.8 Å². The lowest BCUT2D eigenvalue weighted by atomic mass is 9.93. The van der Waals surface area contributed by atoms with Gasteiger partial charge in [-0.25, -0.2) is 8.42 Å². The maximum atomic E-state index is 13.2. The minimum absolute atomic E-state index is 0. The van der Waals surface area contributed by atoms with Gasteiger partial charge in [-0.3, -0.25) is 4.79 Å². The number of rotatable bonds is 7. The van der Waals surface area contributed by atoms with E-state index >= 15 is 0 Å². The van der Waals surface area contributed by atoms with Gasteiger partial charge in [0.1, 0.15) is 9.84 Å². The highest BCUT2D eigenvalue weighted by Gasteiger charge is 2.58. The molecule has 1 aromatic rings. The Balaban J connectivity index is 0.00000210. The molecule has 1 N–H and O–H groups in total. The number of halogens is 1. The fraction of sp³-hybridized carbons (Fsp3) is 0.737. The number of nitrogens with zero attached hydrogens (tertiary/aromatic N) is 1. The summed E-state index contributed by atoms with van der Waals surface area (Å²) in [7, 11) is -3.05. The highest BCUT2D eigenvalue weighted by Crippen LogP contribution is 2.57. The van der Waals surface area contributed by atoms with Crippen molar-refractivity contribution in [2.75, 3.05) is 25.1 Å². The van der Waals surface area contributed by atoms with E-state index in [-0.39, 0.29) is 29.5 Å². The second kappa shape index (κ2) is 7.65. The van der Waals surface area contributed by atoms with Crippen LogP contribution in [0.25, 0.3) is 0 Å². The number of carbonyl (C=O) groups excluding carboxylic acids is 1. The van der Waals surface area contributed by atoms with Gasteiger partial charge in [0.05, 0.1) is 5.75 Å². The SMILES string of the molecule is CS(=O)(=O)CC1(CC(=O)N(Cc2ccsc2)C2CC23CCNCC3)CC1.Cl. The standard InChI is InChI=1S/C19H28N2O3S2.ClH/c1-26(23,24)14-18(3-4-18)11-17(22)21(12-15-2-9-25-13-15)16-10-19(16)5-7-20-8-6-19;/h2,9,13,16,20H,3-8,10-12,14H2,1H3;1H. The Morgan fingerprint density at radius 2 is 2.00 bits per heavy atom. The fourth-order valence-electron chi connectivity index (χ4n) is 4.71. The highest BCUT2D eigenvalue weighted by molar-refractivity contribution is 7.90. The highest BCUT2D eigenvalue weighted by atomic mass is 35.5. The summed E-state index contributed by atoms with van der Waals surface area (Å²) in [6, 6.07) is 2.41. The van der Waals surface area contributed by atoms with Crippen LogP contribution in [-0.4, -0.2) is 50.4 Å². The lowest BCUT2D eigenvalue weighted by Crippen LogP contribution is -2.40. The molecule has 5 nitrogen and oxygen atoms in total. The predicted molar refractivity (Wildman–Crippen MR) is 111 cm³/mol. The molecule has 1 atom stereocenters. The molecule has 3 fully saturated rings. The van der Waals surface area contributed by atoms with Gasteiger partial charge in [0.2, 0.25) is 5.91 Å². The third kappa shape index (κ3) is 4.86. The monoisotopic (exact) mass is 432 g/mol. The number of carbonyl (C=O) groups is 1. The van der Waals surface area contributed by atoms with Crippen LogP contribution in [-0.2, 0) is 21.2 Å². The van der Waals surface area contributed by atoms with Crippen molar-refractivity contribution < 1.29 is 13.2 Å². The van der Waals surface area contributed by atoms with Gasteiger partial charge < -0.3 is 10.2 Å². The summed E-state index contributed by atoms with van der Waals surface area (Å²) in [5, 5.41) is 7.59. The summed E-state index contributed by atoms with van der Waals surface area (Å²) in [5.74, 6) is 0.301. The van der Waals surface area contributed by atoms with E-state index in [9.17, 15) is 13.2 Å². The van der Waals surface area contributed by atoms with Crippen LogP contribution in [0.2, 0.25) is 0 Å². The molecule has 0 radical (unpaired) electrons. The van der Waals surface area contributed by atoms with E-state index in [2.05, 4.69) is 27.0 Å². The number of thiophene rings is 1. The first-order valence-electron chi connectivity index (χ1n) is 9.50. The van der Waals surface area contributed by atoms with Crippen molar-refractivity contribution in [1.29, 1.82) is 0 Å². The molecule has 0 aromatic carbocycles. The van der Waals surface area contributed by atoms with Crippen molar-refractivity contribution in [1.82, 2.24) is 10.2 Å². The minimum atomic E-state index is -3.05. The topological polar surface area (TPSA) is 66.5 Å². The molecular formula is C19H29ClN2O3S2. The van der Waals surface area contributed by atoms with Crippen molar-refractivity contribution in [3.05, 3.63) is 22.4 Å². The molecular weight excluding hydrogens is 404 g/mol. The second-order valence-electron chi connectivity index (χ2n) is 8.73. The van der Waals surface area contributed by atoms with Gasteiger partial charge in [0, 0.05) is 25.3 Å². The van der Waals surface area contributed by atoms with Crippen molar-refractivity contribution >= 4 is 39.5 Å². The lowest BCUT2D eigenvalue weighted by Gasteiger charge is -2.30. The van der Waals surface area contributed by atoms with E-state index in [0.717, 1.165) is 45.2 Å². The van der Waals surface area contributed by atoms with Gasteiger partial charge in [-0.15, -0.1) is 12.4 Å². The first kappa shape index (κ1) is 21.1. The lowest BCUT2D eigenvalue weighted by molar-refractivity contribution is -0.134. The van der Waals surface area contributed by atoms with E-state index in [1.54, 1.807) is 11.3 Å². The van der Waals surface area contributed by atoms with Crippen molar-refractivity contribution in [3.8, 4) is 0 Å². The first-order valence-corrected chi connectivity index (χ1v) is 12.5. The Morgan fingerprint density at radius 3 is 2.56 bits per heavy atom. The largest absolute Gasteiger partial charge is 0.335 e. The Kier molecular flexibility index (Phi) is 5.98. The third-order valence-corrected chi connectivity index (χ3v) is 8.30. The quantitative estimate of drug-likeness (QED) is 0.719. The van der Waals surface area contributed by atoms with Gasteiger partial charge in [-0.2, -0.15) is 11.3 Å². The van der Waals surface area contributed by atoms with Gasteiger partial charge in [0.25, 0.3) is 0 Å². The molecule has 2 saturated carbocycles. The molecule has 1 aliphatic heterocycles. The molecule has 1 aromatic heterocycles. The summed E-state index contributed by atoms with van der Waals surface area (Å²) in [4.78, 5) is 15.3. The zero-order valence-corrected chi connectivity index (χ0v) is 18.2. The van der Waals surface area contributed by atoms with Crippen LogP contribution in [0.5, 0.6) is 0 Å². The van der Waals surface area contributed by atoms with Gasteiger partial charge in [-0.1, -0.05) is 0 Å². The normalized spacial score (nSPS) is 24.9. The Bertz CT molecular complexity index is 769. The van der Waals surface area contributed by atoms with E-state index in [0.29, 0.717) is 24.4 Å². The van der Waals surface area contributed by atoms with E-state index in [4.69, 9.17) is 0 Å². The summed E-state index contributed by atoms with van der Waals surface area (Å²) in [5.41, 5.74) is 1.19. The number of hydrogen-bond donors (Lipinski definition) is 1. The maximum absolute atomic E-state index is 13.2. The Morgan fingerprint density at radius 1 is 1.30 bits per heavy atom. The molecule has 1 amide bonds. The Hall–Kier alpha value is -0.630. The molecule has 0 bridgehead atoms. The molecule has 8 heteroatoms. The third-order valence-electron chi connectivity index (χ3n) is 6.43. The second-order valence-corrected chi connectivity index (χ2v) is 11.7. The number of amides is 1. The predicted octanol–water partition coefficient (Wildman–Crippen LogP) is 2.86. The molecule has 1 unspecified atom stereocenters. The van der Waals surface area contributed by atoms with Crippen LogP contribution in [0.3, 0.4) is 0 Å². The summed E-state index contributed by atoms with van der Waals surface area (Å²) in [6.07, 6.45) is 6.76. The zero-order chi connectivity index (χ0) is 18.4. The number of hydrogen-bond acceptors (Lipinski definition) is 5. The number of piperidine rings is 1. The van der Waals surface area contributed by atoms with Crippen LogP contribution in [0.15, 0.2) is 16.8 Å². The molecule has 2 aliphatic carbocycles. The van der Waals surface area contributed by atoms with Crippen LogP contribution in [0.4, 0.5) is 0 Å². The molecule has 152 valence electrons. The average Bonchev–Trinajstić information content (AvgIpc) is 3.39. The van der Waals surface area contributed by atoms with Crippen LogP contribution in [0, 0.1) is 10.8 Å². The summed E-state index contributed by atoms with van der Waals surface area (Å²) in [6.45, 7) is 2.74. The summed E-state index contributed by atoms with van der Waals surface area (Å²) >= 11 is 1.66. The number of sulfone groups is 1. The molecule has 4 rings (SSSR count). The maximum Gasteiger partial charge on any atom is 0.223 e. The van der Waals surface area contributed by atoms with Crippen LogP contribution in [0.1, 0.15) is 44.1 Å². The van der Waals surface area contributed by atoms with Crippen LogP contribution >= 0.6 is 23.7 Å². The Labute approximate surface area is 172 Å². The van der Waals surface area contributed by atoms with Gasteiger partial charge in [-0.05, 0) is 78.4 Å². The van der Waals surface area contributed by atoms with Crippen molar-refractivity contribution in [2.24, 2.45) is 10.8 Å². The average molecular weight is 433 g/mol. The van der Waals surface area contributed by atoms with Crippen molar-refractivity contribution in [2.45, 2.75) is 51.1 Å². The molecule has 2 heterocycles. The number of nitrogens with one attached hydrogen (secondary N) is 1. The molecule has 27 heavy (non-hydrogen) atoms. The van der Waals surface area contributed by atoms with Gasteiger partial charge in [0.15, 0.2) is 0 Å².